The summed E-state index contributed by atoms with van der Waals surface area (Å²) in [6.07, 6.45) is 2.11. The van der Waals surface area contributed by atoms with Crippen molar-refractivity contribution in [1.29, 1.82) is 0 Å². The number of hydrogen-bond acceptors (Lipinski definition) is 4. The molecule has 0 spiro atoms. The maximum atomic E-state index is 12.4. The lowest BCUT2D eigenvalue weighted by Gasteiger charge is -2.15. The van der Waals surface area contributed by atoms with E-state index in [2.05, 4.69) is 10.4 Å². The van der Waals surface area contributed by atoms with Crippen LogP contribution in [0.5, 0.6) is 5.75 Å². The van der Waals surface area contributed by atoms with Crippen LogP contribution in [-0.4, -0.2) is 40.4 Å². The minimum absolute atomic E-state index is 0.0493. The van der Waals surface area contributed by atoms with Crippen molar-refractivity contribution in [3.05, 3.63) is 42.2 Å². The number of hydrogen-bond donors (Lipinski definition) is 2. The minimum Gasteiger partial charge on any atom is -0.493 e. The van der Waals surface area contributed by atoms with E-state index in [9.17, 15) is 14.7 Å². The number of benzene rings is 1. The van der Waals surface area contributed by atoms with Gasteiger partial charge in [-0.05, 0) is 24.5 Å². The first kappa shape index (κ1) is 18.5. The Labute approximate surface area is 146 Å². The molecule has 0 bridgehead atoms. The van der Waals surface area contributed by atoms with Crippen LogP contribution in [0.2, 0.25) is 0 Å². The van der Waals surface area contributed by atoms with Gasteiger partial charge in [0.1, 0.15) is 0 Å². The second-order valence-electron chi connectivity index (χ2n) is 6.20. The van der Waals surface area contributed by atoms with Gasteiger partial charge in [0.25, 0.3) is 5.91 Å². The van der Waals surface area contributed by atoms with Gasteiger partial charge in [-0.25, -0.2) is 4.68 Å². The molecule has 0 aliphatic carbocycles. The van der Waals surface area contributed by atoms with Crippen molar-refractivity contribution in [2.75, 3.05) is 13.7 Å². The number of amides is 1. The first-order chi connectivity index (χ1) is 11.9. The number of carboxylic acids is 1. The van der Waals surface area contributed by atoms with Gasteiger partial charge in [0.2, 0.25) is 0 Å². The number of methoxy groups -OCH3 is 1. The van der Waals surface area contributed by atoms with E-state index in [-0.39, 0.29) is 18.2 Å². The van der Waals surface area contributed by atoms with E-state index in [1.807, 2.05) is 44.2 Å². The van der Waals surface area contributed by atoms with E-state index in [1.165, 1.54) is 7.11 Å². The number of carbonyl (C=O) groups is 2. The van der Waals surface area contributed by atoms with Crippen molar-refractivity contribution in [3.63, 3.8) is 0 Å². The van der Waals surface area contributed by atoms with Crippen molar-refractivity contribution in [1.82, 2.24) is 15.1 Å². The predicted molar refractivity (Wildman–Crippen MR) is 93.0 cm³/mol. The maximum absolute atomic E-state index is 12.4. The monoisotopic (exact) mass is 345 g/mol. The summed E-state index contributed by atoms with van der Waals surface area (Å²) in [5.41, 5.74) is 0.920. The summed E-state index contributed by atoms with van der Waals surface area (Å²) in [6, 6.07) is 9.34. The SMILES string of the molecule is COc1cn(-c2ccccc2)nc1C(=O)NCC(CC(C)C)C(=O)O. The topological polar surface area (TPSA) is 93.5 Å². The van der Waals surface area contributed by atoms with Gasteiger partial charge in [-0.15, -0.1) is 0 Å². The Balaban J connectivity index is 2.13. The van der Waals surface area contributed by atoms with Crippen LogP contribution < -0.4 is 10.1 Å². The number of nitrogens with zero attached hydrogens (tertiary/aromatic N) is 2. The first-order valence-corrected chi connectivity index (χ1v) is 8.12. The Morgan fingerprint density at radius 1 is 1.28 bits per heavy atom. The van der Waals surface area contributed by atoms with E-state index < -0.39 is 17.8 Å². The van der Waals surface area contributed by atoms with Crippen molar-refractivity contribution < 1.29 is 19.4 Å². The van der Waals surface area contributed by atoms with Crippen LogP contribution >= 0.6 is 0 Å². The zero-order chi connectivity index (χ0) is 18.4. The zero-order valence-electron chi connectivity index (χ0n) is 14.6. The molecule has 0 saturated heterocycles. The molecule has 7 heteroatoms. The molecule has 1 amide bonds. The Kier molecular flexibility index (Phi) is 6.16. The van der Waals surface area contributed by atoms with Crippen LogP contribution in [0.4, 0.5) is 0 Å². The molecule has 2 rings (SSSR count). The van der Waals surface area contributed by atoms with Crippen LogP contribution in [0.25, 0.3) is 5.69 Å². The smallest absolute Gasteiger partial charge is 0.308 e. The highest BCUT2D eigenvalue weighted by Gasteiger charge is 2.23. The van der Waals surface area contributed by atoms with Gasteiger partial charge < -0.3 is 15.2 Å². The number of nitrogens with one attached hydrogen (secondary N) is 1. The van der Waals surface area contributed by atoms with E-state index in [0.29, 0.717) is 12.2 Å². The third-order valence-corrected chi connectivity index (χ3v) is 3.75. The quantitative estimate of drug-likeness (QED) is 0.766. The van der Waals surface area contributed by atoms with Crippen LogP contribution in [0.1, 0.15) is 30.8 Å². The summed E-state index contributed by atoms with van der Waals surface area (Å²) in [6.45, 7) is 3.94. The average molecular weight is 345 g/mol. The van der Waals surface area contributed by atoms with Gasteiger partial charge >= 0.3 is 5.97 Å². The summed E-state index contributed by atoms with van der Waals surface area (Å²) >= 11 is 0. The summed E-state index contributed by atoms with van der Waals surface area (Å²) in [4.78, 5) is 23.7. The molecule has 0 radical (unpaired) electrons. The molecule has 1 atom stereocenters. The number of aliphatic carboxylic acids is 1. The number of ether oxygens (including phenoxy) is 1. The van der Waals surface area contributed by atoms with Gasteiger partial charge in [-0.2, -0.15) is 5.10 Å². The molecule has 0 aliphatic heterocycles. The number of para-hydroxylation sites is 1. The Morgan fingerprint density at radius 2 is 1.96 bits per heavy atom. The standard InChI is InChI=1S/C18H23N3O4/c1-12(2)9-13(18(23)24)10-19-17(22)16-15(25-3)11-21(20-16)14-7-5-4-6-8-14/h4-8,11-13H,9-10H2,1-3H3,(H,19,22)(H,23,24). The fourth-order valence-corrected chi connectivity index (χ4v) is 2.52. The molecule has 1 unspecified atom stereocenters. The lowest BCUT2D eigenvalue weighted by Crippen LogP contribution is -2.34. The molecule has 2 N–H and O–H groups in total. The van der Waals surface area contributed by atoms with Gasteiger partial charge in [0, 0.05) is 6.54 Å². The van der Waals surface area contributed by atoms with Crippen molar-refractivity contribution >= 4 is 11.9 Å². The van der Waals surface area contributed by atoms with Crippen molar-refractivity contribution in [3.8, 4) is 11.4 Å². The van der Waals surface area contributed by atoms with Crippen molar-refractivity contribution in [2.24, 2.45) is 11.8 Å². The van der Waals surface area contributed by atoms with Gasteiger partial charge in [0.05, 0.1) is 24.9 Å². The molecule has 2 aromatic rings. The fraction of sp³-hybridized carbons (Fsp3) is 0.389. The molecule has 7 nitrogen and oxygen atoms in total. The molecule has 0 saturated carbocycles. The molecule has 0 fully saturated rings. The largest absolute Gasteiger partial charge is 0.493 e. The number of carbonyl (C=O) groups excluding carboxylic acids is 1. The normalized spacial score (nSPS) is 12.0. The van der Waals surface area contributed by atoms with E-state index in [0.717, 1.165) is 5.69 Å². The lowest BCUT2D eigenvalue weighted by atomic mass is 9.97. The van der Waals surface area contributed by atoms with Crippen molar-refractivity contribution in [2.45, 2.75) is 20.3 Å². The average Bonchev–Trinajstić information content (AvgIpc) is 3.03. The Morgan fingerprint density at radius 3 is 2.52 bits per heavy atom. The first-order valence-electron chi connectivity index (χ1n) is 8.12. The van der Waals surface area contributed by atoms with Gasteiger partial charge in [0.15, 0.2) is 11.4 Å². The Hall–Kier alpha value is -2.83. The van der Waals surface area contributed by atoms with E-state index in [4.69, 9.17) is 4.74 Å². The minimum atomic E-state index is -0.921. The third-order valence-electron chi connectivity index (χ3n) is 3.75. The third kappa shape index (κ3) is 4.82. The number of carboxylic acid groups (broad SMARTS) is 1. The molecule has 0 aliphatic rings. The molecule has 134 valence electrons. The molecule has 1 heterocycles. The zero-order valence-corrected chi connectivity index (χ0v) is 14.6. The summed E-state index contributed by atoms with van der Waals surface area (Å²) < 4.78 is 6.78. The molecular formula is C18H23N3O4. The highest BCUT2D eigenvalue weighted by molar-refractivity contribution is 5.95. The van der Waals surface area contributed by atoms with Crippen LogP contribution in [0.15, 0.2) is 36.5 Å². The second kappa shape index (κ2) is 8.32. The van der Waals surface area contributed by atoms with Crippen LogP contribution in [0, 0.1) is 11.8 Å². The molecular weight excluding hydrogens is 322 g/mol. The van der Waals surface area contributed by atoms with Crippen LogP contribution in [0.3, 0.4) is 0 Å². The van der Waals surface area contributed by atoms with E-state index in [1.54, 1.807) is 10.9 Å². The highest BCUT2D eigenvalue weighted by Crippen LogP contribution is 2.19. The van der Waals surface area contributed by atoms with Gasteiger partial charge in [-0.3, -0.25) is 9.59 Å². The molecule has 25 heavy (non-hydrogen) atoms. The second-order valence-corrected chi connectivity index (χ2v) is 6.20. The highest BCUT2D eigenvalue weighted by atomic mass is 16.5. The fourth-order valence-electron chi connectivity index (χ4n) is 2.52. The number of aromatic nitrogens is 2. The molecule has 1 aromatic heterocycles. The predicted octanol–water partition coefficient (Wildman–Crippen LogP) is 2.36. The summed E-state index contributed by atoms with van der Waals surface area (Å²) in [5, 5.41) is 16.2. The van der Waals surface area contributed by atoms with E-state index >= 15 is 0 Å². The summed E-state index contributed by atoms with van der Waals surface area (Å²) in [5.74, 6) is -1.45. The molecule has 1 aromatic carbocycles. The van der Waals surface area contributed by atoms with Gasteiger partial charge in [-0.1, -0.05) is 32.0 Å². The van der Waals surface area contributed by atoms with Crippen LogP contribution in [-0.2, 0) is 4.79 Å². The summed E-state index contributed by atoms with van der Waals surface area (Å²) in [7, 11) is 1.46. The maximum Gasteiger partial charge on any atom is 0.308 e. The number of rotatable bonds is 8. The Bertz CT molecular complexity index is 725. The lowest BCUT2D eigenvalue weighted by molar-refractivity contribution is -0.142.